The molecule has 0 saturated heterocycles. The zero-order valence-corrected chi connectivity index (χ0v) is 32.8. The molecule has 54 heavy (non-hydrogen) atoms. The molecule has 5 bridgehead atoms. The maximum atomic E-state index is 14.2. The minimum Gasteiger partial charge on any atom is -0.507 e. The number of amides is 1. The van der Waals surface area contributed by atoms with Crippen molar-refractivity contribution in [1.82, 2.24) is 0 Å². The summed E-state index contributed by atoms with van der Waals surface area (Å²) in [5.74, 6) is -8.13. The Balaban J connectivity index is 0.00000784. The number of nitrogens with two attached hydrogens (primary N) is 1. The monoisotopic (exact) mass is 776 g/mol. The summed E-state index contributed by atoms with van der Waals surface area (Å²) in [6.07, 6.45) is 3.53. The van der Waals surface area contributed by atoms with Crippen LogP contribution in [0.1, 0.15) is 70.0 Å². The van der Waals surface area contributed by atoms with Gasteiger partial charge in [-0.15, -0.1) is 12.4 Å². The molecule has 298 valence electrons. The summed E-state index contributed by atoms with van der Waals surface area (Å²) in [7, 11) is 1.43. The van der Waals surface area contributed by atoms with Gasteiger partial charge in [0.25, 0.3) is 11.7 Å². The Kier molecular flexibility index (Phi) is 14.2. The van der Waals surface area contributed by atoms with Crippen LogP contribution < -0.4 is 15.8 Å². The number of phenols is 3. The lowest BCUT2D eigenvalue weighted by Crippen LogP contribution is -2.46. The van der Waals surface area contributed by atoms with E-state index >= 15 is 0 Å². The van der Waals surface area contributed by atoms with Crippen LogP contribution in [0.3, 0.4) is 0 Å². The summed E-state index contributed by atoms with van der Waals surface area (Å²) < 4.78 is 23.4. The van der Waals surface area contributed by atoms with Gasteiger partial charge in [0.05, 0.1) is 41.2 Å². The second-order valence-electron chi connectivity index (χ2n) is 14.2. The quantitative estimate of drug-likeness (QED) is 0.127. The number of allylic oxidation sites excluding steroid dienone is 2. The Labute approximate surface area is 321 Å². The van der Waals surface area contributed by atoms with Crippen molar-refractivity contribution >= 4 is 46.5 Å². The molecule has 0 aromatic heterocycles. The van der Waals surface area contributed by atoms with Crippen molar-refractivity contribution < 1.29 is 58.9 Å². The van der Waals surface area contributed by atoms with E-state index in [9.17, 15) is 39.9 Å². The average molecular weight is 777 g/mol. The third-order valence-electron chi connectivity index (χ3n) is 10.5. The Hall–Kier alpha value is -4.34. The zero-order chi connectivity index (χ0) is 39.7. The molecule has 0 spiro atoms. The number of hydrogen-bond acceptors (Lipinski definition) is 13. The number of rotatable bonds is 4. The molecule has 2 aromatic carbocycles. The van der Waals surface area contributed by atoms with Crippen LogP contribution in [0.15, 0.2) is 36.1 Å². The van der Waals surface area contributed by atoms with Crippen LogP contribution in [-0.4, -0.2) is 87.0 Å². The van der Waals surface area contributed by atoms with Gasteiger partial charge in [0.2, 0.25) is 0 Å². The number of aliphatic hydroxyl groups is 2. The normalized spacial score (nSPS) is 31.4. The molecule has 0 fully saturated rings. The fourth-order valence-electron chi connectivity index (χ4n) is 7.17. The first-order valence-corrected chi connectivity index (χ1v) is 17.6. The van der Waals surface area contributed by atoms with Gasteiger partial charge >= 0.3 is 11.8 Å². The zero-order valence-electron chi connectivity index (χ0n) is 32.0. The minimum absolute atomic E-state index is 0. The number of anilines is 1. The first-order valence-electron chi connectivity index (χ1n) is 17.6. The summed E-state index contributed by atoms with van der Waals surface area (Å²) in [5.41, 5.74) is 5.77. The second-order valence-corrected chi connectivity index (χ2v) is 14.2. The third-order valence-corrected chi connectivity index (χ3v) is 10.5. The van der Waals surface area contributed by atoms with Crippen LogP contribution in [0, 0.1) is 30.6 Å². The number of aliphatic hydroxyl groups excluding tert-OH is 2. The molecule has 8 N–H and O–H groups in total. The highest BCUT2D eigenvalue weighted by Crippen LogP contribution is 2.55. The van der Waals surface area contributed by atoms with Crippen molar-refractivity contribution in [2.24, 2.45) is 29.4 Å². The number of nitrogens with one attached hydrogen (secondary N) is 1. The van der Waals surface area contributed by atoms with Gasteiger partial charge in [-0.05, 0) is 32.9 Å². The van der Waals surface area contributed by atoms with Crippen LogP contribution in [0.4, 0.5) is 5.69 Å². The molecule has 1 amide bonds. The van der Waals surface area contributed by atoms with Crippen molar-refractivity contribution in [3.8, 4) is 23.0 Å². The van der Waals surface area contributed by atoms with E-state index in [-0.39, 0.29) is 69.8 Å². The van der Waals surface area contributed by atoms with Crippen molar-refractivity contribution in [2.75, 3.05) is 19.0 Å². The van der Waals surface area contributed by atoms with Crippen molar-refractivity contribution in [3.05, 3.63) is 52.8 Å². The van der Waals surface area contributed by atoms with Gasteiger partial charge in [-0.3, -0.25) is 14.4 Å². The smallest absolute Gasteiger partial charge is 0.312 e. The number of ether oxygens (including phenoxy) is 4. The number of benzene rings is 2. The maximum Gasteiger partial charge on any atom is 0.312 e. The maximum absolute atomic E-state index is 14.2. The van der Waals surface area contributed by atoms with Crippen LogP contribution in [0.5, 0.6) is 23.0 Å². The number of aromatic hydroxyl groups is 3. The molecule has 3 heterocycles. The van der Waals surface area contributed by atoms with Gasteiger partial charge in [0, 0.05) is 66.7 Å². The summed E-state index contributed by atoms with van der Waals surface area (Å²) in [5, 5.41) is 59.5. The van der Waals surface area contributed by atoms with Crippen LogP contribution in [0.2, 0.25) is 0 Å². The summed E-state index contributed by atoms with van der Waals surface area (Å²) in [6, 6.07) is 0. The first kappa shape index (κ1) is 44.1. The number of halogens is 1. The standard InChI is InChI=1S/C39H52N2O12.ClH/c1-17-11-10-12-18(2)38(49)41-29-24(13-15-40)33(46)26-27(34(29)47)32(45)22(6)36-28(26)37(48)39(8,53-36)51-16-14-25(50-9)19(3)35(52-23(7)42)21(5)31(44)20(4)30(17)43;/h10-12,14,16-17,19-21,25,30-31,35,43-47H,13,15,40H2,1-9H3,(H,41,49);1H/b11-10+,16-14+,18-12-;/t17-,19+,20+,21+,25-,30-,31+,35+,39-;/m0./s1. The number of esters is 1. The highest BCUT2D eigenvalue weighted by molar-refractivity contribution is 6.22. The highest BCUT2D eigenvalue weighted by Gasteiger charge is 2.50. The number of carbonyl (C=O) groups is 3. The van der Waals surface area contributed by atoms with Crippen LogP contribution in [0.25, 0.3) is 10.8 Å². The number of hydrogen-bond donors (Lipinski definition) is 7. The summed E-state index contributed by atoms with van der Waals surface area (Å²) in [4.78, 5) is 39.9. The predicted molar refractivity (Wildman–Crippen MR) is 204 cm³/mol. The fraction of sp³-hybridized carbons (Fsp3) is 0.513. The minimum atomic E-state index is -2.01. The van der Waals surface area contributed by atoms with E-state index in [0.29, 0.717) is 0 Å². The van der Waals surface area contributed by atoms with Gasteiger partial charge < -0.3 is 55.5 Å². The fourth-order valence-corrected chi connectivity index (χ4v) is 7.17. The van der Waals surface area contributed by atoms with Gasteiger partial charge in [-0.1, -0.05) is 45.9 Å². The molecule has 3 aliphatic rings. The van der Waals surface area contributed by atoms with Crippen molar-refractivity contribution in [2.45, 2.75) is 92.0 Å². The van der Waals surface area contributed by atoms with E-state index in [0.717, 1.165) is 0 Å². The molecule has 3 aliphatic heterocycles. The molecule has 2 aromatic rings. The molecular formula is C39H53ClN2O12. The Morgan fingerprint density at radius 2 is 1.61 bits per heavy atom. The number of fused-ring (bicyclic) bond motifs is 14. The number of Topliss-reactive ketones (excluding diaryl/α,β-unsaturated/α-hetero) is 1. The molecule has 0 unspecified atom stereocenters. The van der Waals surface area contributed by atoms with Gasteiger partial charge in [0.15, 0.2) is 5.75 Å². The largest absolute Gasteiger partial charge is 0.507 e. The number of methoxy groups -OCH3 is 1. The first-order chi connectivity index (χ1) is 24.8. The molecule has 0 saturated carbocycles. The molecular weight excluding hydrogens is 724 g/mol. The number of phenolic OH excluding ortho intramolecular Hbond substituents is 3. The lowest BCUT2D eigenvalue weighted by atomic mass is 9.78. The van der Waals surface area contributed by atoms with Gasteiger partial charge in [0.1, 0.15) is 23.4 Å². The van der Waals surface area contributed by atoms with Gasteiger partial charge in [-0.2, -0.15) is 0 Å². The van der Waals surface area contributed by atoms with E-state index in [1.165, 1.54) is 53.2 Å². The third kappa shape index (κ3) is 8.18. The number of carbonyl (C=O) groups excluding carboxylic acids is 3. The van der Waals surface area contributed by atoms with Gasteiger partial charge in [-0.25, -0.2) is 0 Å². The molecule has 5 rings (SSSR count). The molecule has 9 atom stereocenters. The molecule has 14 nitrogen and oxygen atoms in total. The lowest BCUT2D eigenvalue weighted by Gasteiger charge is -2.38. The Morgan fingerprint density at radius 3 is 2.20 bits per heavy atom. The Morgan fingerprint density at radius 1 is 0.963 bits per heavy atom. The second kappa shape index (κ2) is 17.4. The molecule has 15 heteroatoms. The topological polar surface area (TPSA) is 227 Å². The average Bonchev–Trinajstić information content (AvgIpc) is 3.38. The summed E-state index contributed by atoms with van der Waals surface area (Å²) >= 11 is 0. The molecule has 0 aliphatic carbocycles. The Bertz CT molecular complexity index is 1860. The lowest BCUT2D eigenvalue weighted by molar-refractivity contribution is -0.160. The van der Waals surface area contributed by atoms with E-state index in [1.54, 1.807) is 39.8 Å². The van der Waals surface area contributed by atoms with Crippen molar-refractivity contribution in [1.29, 1.82) is 0 Å². The van der Waals surface area contributed by atoms with Crippen molar-refractivity contribution in [3.63, 3.8) is 0 Å². The van der Waals surface area contributed by atoms with E-state index in [1.807, 2.05) is 0 Å². The predicted octanol–water partition coefficient (Wildman–Crippen LogP) is 4.68. The SMILES string of the molecule is CO[C@H]1/C=C/O[C@@]2(C)Oc3c(C)c(O)c4c(O)c(c(CCN)c(O)c4c3C2=O)NC(=O)/C(C)=C\C=C\[C@H](C)[C@H](O)[C@@H](C)[C@@H](O)[C@@H](C)[C@H](OC(C)=O)[C@@H]1C.Cl. The van der Waals surface area contributed by atoms with E-state index in [2.05, 4.69) is 5.32 Å². The number of ketones is 1. The van der Waals surface area contributed by atoms with E-state index < -0.39 is 88.8 Å². The van der Waals surface area contributed by atoms with E-state index in [4.69, 9.17) is 24.7 Å². The highest BCUT2D eigenvalue weighted by atomic mass is 35.5. The van der Waals surface area contributed by atoms with Crippen LogP contribution in [-0.2, 0) is 30.2 Å². The summed E-state index contributed by atoms with van der Waals surface area (Å²) in [6.45, 7) is 12.5. The molecule has 0 radical (unpaired) electrons. The van der Waals surface area contributed by atoms with Crippen LogP contribution >= 0.6 is 12.4 Å².